The SMILES string of the molecule is O=[N+]([O-])c1cccc(NCc2ccc(OCc3cccc4ccccc34)c(Cl)c2)c1. The topological polar surface area (TPSA) is 64.4 Å². The summed E-state index contributed by atoms with van der Waals surface area (Å²) < 4.78 is 5.96. The maximum Gasteiger partial charge on any atom is 0.271 e. The van der Waals surface area contributed by atoms with Crippen molar-refractivity contribution in [3.8, 4) is 5.75 Å². The Morgan fingerprint density at radius 1 is 0.933 bits per heavy atom. The van der Waals surface area contributed by atoms with Gasteiger partial charge >= 0.3 is 0 Å². The number of anilines is 1. The molecule has 0 aliphatic heterocycles. The highest BCUT2D eigenvalue weighted by atomic mass is 35.5. The first-order chi connectivity index (χ1) is 14.6. The highest BCUT2D eigenvalue weighted by molar-refractivity contribution is 6.32. The van der Waals surface area contributed by atoms with Gasteiger partial charge in [0.2, 0.25) is 0 Å². The number of nitrogens with zero attached hydrogens (tertiary/aromatic N) is 1. The molecular weight excluding hydrogens is 400 g/mol. The maximum absolute atomic E-state index is 10.9. The Labute approximate surface area is 179 Å². The first kappa shape index (κ1) is 19.7. The minimum Gasteiger partial charge on any atom is -0.487 e. The van der Waals surface area contributed by atoms with Crippen molar-refractivity contribution < 1.29 is 9.66 Å². The van der Waals surface area contributed by atoms with Crippen molar-refractivity contribution in [3.63, 3.8) is 0 Å². The minimum absolute atomic E-state index is 0.0511. The fourth-order valence-corrected chi connectivity index (χ4v) is 3.54. The molecule has 0 heterocycles. The van der Waals surface area contributed by atoms with Crippen LogP contribution in [-0.2, 0) is 13.2 Å². The number of rotatable bonds is 7. The van der Waals surface area contributed by atoms with Crippen molar-refractivity contribution >= 4 is 33.7 Å². The van der Waals surface area contributed by atoms with Crippen LogP contribution in [0.15, 0.2) is 84.9 Å². The van der Waals surface area contributed by atoms with E-state index in [1.165, 1.54) is 17.5 Å². The second kappa shape index (κ2) is 8.84. The van der Waals surface area contributed by atoms with Crippen LogP contribution < -0.4 is 10.1 Å². The standard InChI is InChI=1S/C24H19ClN2O3/c25-23-13-17(15-26-20-8-4-9-21(14-20)27(28)29)11-12-24(23)30-16-19-7-3-6-18-5-1-2-10-22(18)19/h1-14,26H,15-16H2. The van der Waals surface area contributed by atoms with Crippen LogP contribution in [0.2, 0.25) is 5.02 Å². The third-order valence-electron chi connectivity index (χ3n) is 4.81. The van der Waals surface area contributed by atoms with Gasteiger partial charge in [0.05, 0.1) is 9.95 Å². The Kier molecular flexibility index (Phi) is 5.82. The molecule has 6 heteroatoms. The zero-order valence-electron chi connectivity index (χ0n) is 16.0. The van der Waals surface area contributed by atoms with Crippen LogP contribution in [0.3, 0.4) is 0 Å². The van der Waals surface area contributed by atoms with Crippen molar-refractivity contribution in [2.75, 3.05) is 5.32 Å². The molecule has 30 heavy (non-hydrogen) atoms. The van der Waals surface area contributed by atoms with E-state index in [9.17, 15) is 10.1 Å². The van der Waals surface area contributed by atoms with Gasteiger partial charge < -0.3 is 10.1 Å². The molecule has 4 aromatic rings. The summed E-state index contributed by atoms with van der Waals surface area (Å²) in [6.07, 6.45) is 0. The van der Waals surface area contributed by atoms with E-state index in [0.29, 0.717) is 29.6 Å². The van der Waals surface area contributed by atoms with E-state index < -0.39 is 4.92 Å². The molecule has 0 spiro atoms. The molecule has 1 N–H and O–H groups in total. The summed E-state index contributed by atoms with van der Waals surface area (Å²) >= 11 is 6.42. The molecule has 4 rings (SSSR count). The lowest BCUT2D eigenvalue weighted by molar-refractivity contribution is -0.384. The third kappa shape index (κ3) is 4.53. The van der Waals surface area contributed by atoms with Crippen molar-refractivity contribution in [2.24, 2.45) is 0 Å². The summed E-state index contributed by atoms with van der Waals surface area (Å²) in [6, 6.07) is 26.4. The van der Waals surface area contributed by atoms with Crippen LogP contribution in [-0.4, -0.2) is 4.92 Å². The first-order valence-electron chi connectivity index (χ1n) is 9.46. The molecule has 4 aromatic carbocycles. The average Bonchev–Trinajstić information content (AvgIpc) is 2.77. The molecule has 0 radical (unpaired) electrons. The summed E-state index contributed by atoms with van der Waals surface area (Å²) in [7, 11) is 0. The smallest absolute Gasteiger partial charge is 0.271 e. The third-order valence-corrected chi connectivity index (χ3v) is 5.11. The molecule has 0 aliphatic rings. The summed E-state index contributed by atoms with van der Waals surface area (Å²) in [5, 5.41) is 16.9. The zero-order chi connectivity index (χ0) is 20.9. The average molecular weight is 419 g/mol. The van der Waals surface area contributed by atoms with Gasteiger partial charge in [0.25, 0.3) is 5.69 Å². The first-order valence-corrected chi connectivity index (χ1v) is 9.84. The second-order valence-corrected chi connectivity index (χ2v) is 7.26. The van der Waals surface area contributed by atoms with Gasteiger partial charge in [-0.2, -0.15) is 0 Å². The Bertz CT molecular complexity index is 1200. The Morgan fingerprint density at radius 2 is 1.73 bits per heavy atom. The quantitative estimate of drug-likeness (QED) is 0.271. The number of hydrogen-bond donors (Lipinski definition) is 1. The molecule has 0 atom stereocenters. The number of nitro groups is 1. The predicted octanol–water partition coefficient (Wildman–Crippen LogP) is 6.59. The molecule has 0 fully saturated rings. The molecule has 0 unspecified atom stereocenters. The molecule has 150 valence electrons. The van der Waals surface area contributed by atoms with Gasteiger partial charge in [-0.1, -0.05) is 66.2 Å². The van der Waals surface area contributed by atoms with Crippen LogP contribution in [0.5, 0.6) is 5.75 Å². The number of benzene rings is 4. The number of fused-ring (bicyclic) bond motifs is 1. The minimum atomic E-state index is -0.413. The molecular formula is C24H19ClN2O3. The lowest BCUT2D eigenvalue weighted by atomic mass is 10.1. The lowest BCUT2D eigenvalue weighted by Gasteiger charge is -2.12. The number of nitro benzene ring substituents is 1. The van der Waals surface area contributed by atoms with Crippen LogP contribution in [0.1, 0.15) is 11.1 Å². The number of hydrogen-bond acceptors (Lipinski definition) is 4. The normalized spacial score (nSPS) is 10.7. The number of non-ortho nitro benzene ring substituents is 1. The fourth-order valence-electron chi connectivity index (χ4n) is 3.28. The van der Waals surface area contributed by atoms with Gasteiger partial charge in [-0.05, 0) is 40.1 Å². The van der Waals surface area contributed by atoms with E-state index in [0.717, 1.165) is 16.5 Å². The van der Waals surface area contributed by atoms with E-state index in [-0.39, 0.29) is 5.69 Å². The van der Waals surface area contributed by atoms with Gasteiger partial charge in [-0.3, -0.25) is 10.1 Å². The Balaban J connectivity index is 1.42. The number of nitrogens with one attached hydrogen (secondary N) is 1. The van der Waals surface area contributed by atoms with E-state index >= 15 is 0 Å². The Hall–Kier alpha value is -3.57. The summed E-state index contributed by atoms with van der Waals surface area (Å²) in [4.78, 5) is 10.5. The molecule has 0 aromatic heterocycles. The van der Waals surface area contributed by atoms with E-state index in [1.807, 2.05) is 42.5 Å². The predicted molar refractivity (Wildman–Crippen MR) is 120 cm³/mol. The van der Waals surface area contributed by atoms with E-state index in [4.69, 9.17) is 16.3 Å². The number of ether oxygens (including phenoxy) is 1. The fraction of sp³-hybridized carbons (Fsp3) is 0.0833. The number of halogens is 1. The molecule has 0 aliphatic carbocycles. The molecule has 0 saturated carbocycles. The summed E-state index contributed by atoms with van der Waals surface area (Å²) in [5.41, 5.74) is 2.77. The van der Waals surface area contributed by atoms with Crippen LogP contribution >= 0.6 is 11.6 Å². The monoisotopic (exact) mass is 418 g/mol. The van der Waals surface area contributed by atoms with E-state index in [2.05, 4.69) is 23.5 Å². The highest BCUT2D eigenvalue weighted by Gasteiger charge is 2.08. The zero-order valence-corrected chi connectivity index (χ0v) is 16.8. The second-order valence-electron chi connectivity index (χ2n) is 6.85. The molecule has 5 nitrogen and oxygen atoms in total. The van der Waals surface area contributed by atoms with Crippen molar-refractivity contribution in [1.82, 2.24) is 0 Å². The maximum atomic E-state index is 10.9. The summed E-state index contributed by atoms with van der Waals surface area (Å²) in [6.45, 7) is 0.914. The van der Waals surface area contributed by atoms with Crippen LogP contribution in [0.25, 0.3) is 10.8 Å². The van der Waals surface area contributed by atoms with Crippen molar-refractivity contribution in [2.45, 2.75) is 13.2 Å². The summed E-state index contributed by atoms with van der Waals surface area (Å²) in [5.74, 6) is 0.615. The lowest BCUT2D eigenvalue weighted by Crippen LogP contribution is -2.01. The van der Waals surface area contributed by atoms with E-state index in [1.54, 1.807) is 12.1 Å². The van der Waals surface area contributed by atoms with Crippen molar-refractivity contribution in [1.29, 1.82) is 0 Å². The highest BCUT2D eigenvalue weighted by Crippen LogP contribution is 2.28. The van der Waals surface area contributed by atoms with Crippen LogP contribution in [0.4, 0.5) is 11.4 Å². The molecule has 0 saturated heterocycles. The van der Waals surface area contributed by atoms with Crippen molar-refractivity contribution in [3.05, 3.63) is 111 Å². The van der Waals surface area contributed by atoms with Gasteiger partial charge in [0.1, 0.15) is 12.4 Å². The Morgan fingerprint density at radius 3 is 2.57 bits per heavy atom. The molecule has 0 bridgehead atoms. The largest absolute Gasteiger partial charge is 0.487 e. The van der Waals surface area contributed by atoms with Gasteiger partial charge in [-0.15, -0.1) is 0 Å². The van der Waals surface area contributed by atoms with Gasteiger partial charge in [0.15, 0.2) is 0 Å². The van der Waals surface area contributed by atoms with Crippen LogP contribution in [0, 0.1) is 10.1 Å². The van der Waals surface area contributed by atoms with Gasteiger partial charge in [-0.25, -0.2) is 0 Å². The van der Waals surface area contributed by atoms with Gasteiger partial charge in [0, 0.05) is 24.4 Å². The molecule has 0 amide bonds.